The minimum Gasteiger partial charge on any atom is -0.497 e. The Morgan fingerprint density at radius 1 is 0.985 bits per heavy atom. The van der Waals surface area contributed by atoms with Gasteiger partial charge in [0.25, 0.3) is 10.2 Å². The molecule has 2 unspecified atom stereocenters. The van der Waals surface area contributed by atoms with E-state index in [1.54, 1.807) is 46.1 Å². The Morgan fingerprint density at radius 2 is 1.70 bits per heavy atom. The number of carboxylic acid groups (broad SMARTS) is 1. The van der Waals surface area contributed by atoms with Crippen LogP contribution in [0.5, 0.6) is 11.5 Å². The molecule has 1 aliphatic carbocycles. The van der Waals surface area contributed by atoms with Gasteiger partial charge < -0.3 is 40.7 Å². The van der Waals surface area contributed by atoms with Crippen molar-refractivity contribution in [2.45, 2.75) is 144 Å². The number of hydrogen-bond acceptors (Lipinski definition) is 12. The molecule has 3 fully saturated rings. The van der Waals surface area contributed by atoms with Crippen LogP contribution in [0.2, 0.25) is 0 Å². The molecule has 66 heavy (non-hydrogen) atoms. The van der Waals surface area contributed by atoms with Gasteiger partial charge >= 0.3 is 12.0 Å². The number of benzene rings is 1. The third-order valence-electron chi connectivity index (χ3n) is 12.7. The molecule has 0 bridgehead atoms. The van der Waals surface area contributed by atoms with Crippen LogP contribution in [0.3, 0.4) is 0 Å². The molecule has 4 amide bonds. The molecule has 3 aliphatic rings. The first-order chi connectivity index (χ1) is 30.8. The standard InChI is InChI=1S/C46H69N9O9S2/c1-13-28-22-46(28,41(58)59)52-39(56)35-20-30(64-36-21-33(34-25-65-43(49-34)47-26(2)3)48-32-19-29(63-12)15-16-31(32)36)23-54(35)40(57)38(45(9,10)11)51-42(60)50-37(44(6,7)8)24-53-17-14-18-55(27(4)5)66(53,61)62/h15-16,19,21,25-28,30,35,37-38H,13-14,17-18,20,22-24H2,1-12H3,(H,47,49)(H,52,56)(H,58,59)(H2,50,51,60)/t28?,30-,35+,37?,38-,46-/m1/s1. The zero-order valence-corrected chi connectivity index (χ0v) is 42.0. The maximum atomic E-state index is 15.1. The number of rotatable bonds is 16. The number of carbonyl (C=O) groups excluding carboxylic acids is 3. The lowest BCUT2D eigenvalue weighted by Crippen LogP contribution is -2.62. The normalized spacial score (nSPS) is 23.4. The lowest BCUT2D eigenvalue weighted by molar-refractivity contribution is -0.146. The zero-order chi connectivity index (χ0) is 48.7. The number of carboxylic acids is 1. The number of anilines is 1. The number of carbonyl (C=O) groups is 4. The number of pyridine rings is 1. The summed E-state index contributed by atoms with van der Waals surface area (Å²) in [5.41, 5.74) is -1.21. The molecule has 2 aliphatic heterocycles. The molecule has 20 heteroatoms. The summed E-state index contributed by atoms with van der Waals surface area (Å²) in [5.74, 6) is -1.59. The van der Waals surface area contributed by atoms with Crippen LogP contribution in [0.1, 0.15) is 102 Å². The van der Waals surface area contributed by atoms with Gasteiger partial charge in [0.1, 0.15) is 40.9 Å². The topological polar surface area (TPSA) is 225 Å². The Morgan fingerprint density at radius 3 is 2.29 bits per heavy atom. The van der Waals surface area contributed by atoms with Gasteiger partial charge in [-0.15, -0.1) is 11.3 Å². The van der Waals surface area contributed by atoms with E-state index in [1.807, 2.05) is 66.8 Å². The van der Waals surface area contributed by atoms with Crippen LogP contribution in [0, 0.1) is 16.7 Å². The minimum absolute atomic E-state index is 0.0186. The van der Waals surface area contributed by atoms with Crippen LogP contribution < -0.4 is 30.7 Å². The molecule has 2 aromatic heterocycles. The van der Waals surface area contributed by atoms with Gasteiger partial charge in [-0.1, -0.05) is 54.9 Å². The number of aromatic nitrogens is 2. The molecule has 5 N–H and O–H groups in total. The first kappa shape index (κ1) is 50.6. The molecule has 6 rings (SSSR count). The molecule has 364 valence electrons. The fourth-order valence-electron chi connectivity index (χ4n) is 8.76. The number of fused-ring (bicyclic) bond motifs is 1. The van der Waals surface area contributed by atoms with Crippen molar-refractivity contribution in [3.8, 4) is 22.9 Å². The van der Waals surface area contributed by atoms with Crippen LogP contribution in [-0.2, 0) is 24.6 Å². The fourth-order valence-corrected chi connectivity index (χ4v) is 11.5. The van der Waals surface area contributed by atoms with Gasteiger partial charge in [-0.25, -0.2) is 19.6 Å². The fraction of sp³-hybridized carbons (Fsp3) is 0.652. The summed E-state index contributed by atoms with van der Waals surface area (Å²) in [7, 11) is -2.22. The summed E-state index contributed by atoms with van der Waals surface area (Å²) in [6, 6.07) is 3.45. The Labute approximate surface area is 393 Å². The van der Waals surface area contributed by atoms with E-state index in [0.717, 1.165) is 5.13 Å². The van der Waals surface area contributed by atoms with Crippen molar-refractivity contribution >= 4 is 61.4 Å². The number of hydrogen-bond donors (Lipinski definition) is 5. The highest BCUT2D eigenvalue weighted by Gasteiger charge is 2.61. The molecular weight excluding hydrogens is 887 g/mol. The van der Waals surface area contributed by atoms with Crippen LogP contribution in [0.4, 0.5) is 9.93 Å². The molecule has 3 aromatic rings. The Kier molecular flexibility index (Phi) is 14.9. The van der Waals surface area contributed by atoms with Crippen molar-refractivity contribution in [1.82, 2.24) is 39.4 Å². The highest BCUT2D eigenvalue weighted by atomic mass is 32.2. The second kappa shape index (κ2) is 19.4. The summed E-state index contributed by atoms with van der Waals surface area (Å²) < 4.78 is 42.4. The number of urea groups is 1. The maximum Gasteiger partial charge on any atom is 0.329 e. The van der Waals surface area contributed by atoms with Crippen LogP contribution in [-0.4, -0.2) is 136 Å². The second-order valence-electron chi connectivity index (χ2n) is 20.5. The van der Waals surface area contributed by atoms with Gasteiger partial charge in [-0.05, 0) is 69.4 Å². The largest absolute Gasteiger partial charge is 0.497 e. The van der Waals surface area contributed by atoms with Crippen molar-refractivity contribution in [1.29, 1.82) is 0 Å². The van der Waals surface area contributed by atoms with E-state index in [4.69, 9.17) is 19.4 Å². The molecule has 6 atom stereocenters. The lowest BCUT2D eigenvalue weighted by atomic mass is 9.85. The summed E-state index contributed by atoms with van der Waals surface area (Å²) in [6.07, 6.45) is 0.714. The van der Waals surface area contributed by atoms with Crippen LogP contribution >= 0.6 is 11.3 Å². The van der Waals surface area contributed by atoms with Gasteiger partial charge in [0, 0.05) is 67.1 Å². The number of nitrogens with zero attached hydrogens (tertiary/aromatic N) is 5. The lowest BCUT2D eigenvalue weighted by Gasteiger charge is -2.41. The number of aliphatic carboxylic acids is 1. The van der Waals surface area contributed by atoms with Gasteiger partial charge in [0.2, 0.25) is 11.8 Å². The Bertz CT molecular complexity index is 2400. The van der Waals surface area contributed by atoms with Gasteiger partial charge in [-0.3, -0.25) is 9.59 Å². The second-order valence-corrected chi connectivity index (χ2v) is 23.3. The van der Waals surface area contributed by atoms with Crippen molar-refractivity contribution in [3.63, 3.8) is 0 Å². The number of nitrogens with one attached hydrogen (secondary N) is 4. The maximum absolute atomic E-state index is 15.1. The summed E-state index contributed by atoms with van der Waals surface area (Å²) in [4.78, 5) is 67.2. The SMILES string of the molecule is CCC1C[C@]1(NC(=O)[C@@H]1C[C@@H](Oc2cc(-c3csc(NC(C)C)n3)nc3cc(OC)ccc23)CN1C(=O)[C@@H](NC(=O)NC(CN1CCCN(C(C)C)S1(=O)=O)C(C)(C)C)C(C)(C)C)C(=O)O. The molecule has 0 radical (unpaired) electrons. The quantitative estimate of drug-likeness (QED) is 0.117. The number of ether oxygens (including phenoxy) is 2. The number of likely N-dealkylation sites (tertiary alicyclic amines) is 1. The summed E-state index contributed by atoms with van der Waals surface area (Å²) in [5, 5.41) is 25.6. The summed E-state index contributed by atoms with van der Waals surface area (Å²) >= 11 is 1.45. The van der Waals surface area contributed by atoms with Gasteiger partial charge in [-0.2, -0.15) is 17.0 Å². The zero-order valence-electron chi connectivity index (χ0n) is 40.4. The predicted molar refractivity (Wildman–Crippen MR) is 255 cm³/mol. The van der Waals surface area contributed by atoms with Crippen molar-refractivity contribution in [3.05, 3.63) is 29.6 Å². The van der Waals surface area contributed by atoms with Crippen molar-refractivity contribution < 1.29 is 42.2 Å². The summed E-state index contributed by atoms with van der Waals surface area (Å²) in [6.45, 7) is 21.4. The highest BCUT2D eigenvalue weighted by Crippen LogP contribution is 2.46. The van der Waals surface area contributed by atoms with E-state index in [1.165, 1.54) is 24.8 Å². The van der Waals surface area contributed by atoms with Gasteiger partial charge in [0.05, 0.1) is 24.9 Å². The van der Waals surface area contributed by atoms with E-state index >= 15 is 4.79 Å². The molecule has 1 saturated carbocycles. The van der Waals surface area contributed by atoms with E-state index in [0.29, 0.717) is 59.7 Å². The first-order valence-corrected chi connectivity index (χ1v) is 25.1. The number of thiazole rings is 1. The van der Waals surface area contributed by atoms with E-state index < -0.39 is 74.6 Å². The molecular formula is C46H69N9O9S2. The Balaban J connectivity index is 1.30. The minimum atomic E-state index is -3.79. The Hall–Kier alpha value is -4.79. The molecule has 18 nitrogen and oxygen atoms in total. The van der Waals surface area contributed by atoms with Crippen LogP contribution in [0.15, 0.2) is 29.6 Å². The number of amides is 4. The molecule has 1 aromatic carbocycles. The van der Waals surface area contributed by atoms with Crippen molar-refractivity contribution in [2.75, 3.05) is 38.6 Å². The molecule has 4 heterocycles. The average molecular weight is 956 g/mol. The third kappa shape index (κ3) is 11.0. The average Bonchev–Trinajstić information content (AvgIpc) is 3.49. The van der Waals surface area contributed by atoms with Crippen LogP contribution in [0.25, 0.3) is 22.3 Å². The smallest absolute Gasteiger partial charge is 0.329 e. The first-order valence-electron chi connectivity index (χ1n) is 22.9. The van der Waals surface area contributed by atoms with E-state index in [2.05, 4.69) is 21.3 Å². The van der Waals surface area contributed by atoms with E-state index in [9.17, 15) is 27.9 Å². The highest BCUT2D eigenvalue weighted by molar-refractivity contribution is 7.86. The molecule has 0 spiro atoms. The monoisotopic (exact) mass is 955 g/mol. The van der Waals surface area contributed by atoms with Crippen molar-refractivity contribution in [2.24, 2.45) is 16.7 Å². The molecule has 2 saturated heterocycles. The predicted octanol–water partition coefficient (Wildman–Crippen LogP) is 5.69. The van der Waals surface area contributed by atoms with Gasteiger partial charge in [0.15, 0.2) is 5.13 Å². The van der Waals surface area contributed by atoms with E-state index in [-0.39, 0.29) is 43.9 Å². The third-order valence-corrected chi connectivity index (χ3v) is 15.7. The number of methoxy groups -OCH3 is 1.